The normalized spacial score (nSPS) is 35.7. The first-order chi connectivity index (χ1) is 9.77. The first-order valence-electron chi connectivity index (χ1n) is 8.37. The fraction of sp³-hybridized carbons (Fsp3) is 0.842. The highest BCUT2D eigenvalue weighted by molar-refractivity contribution is 5.93. The van der Waals surface area contributed by atoms with Crippen LogP contribution in [0.2, 0.25) is 0 Å². The summed E-state index contributed by atoms with van der Waals surface area (Å²) in [6.07, 6.45) is 1.65. The monoisotopic (exact) mass is 308 g/mol. The number of carbonyl (C=O) groups excluding carboxylic acids is 3. The van der Waals surface area contributed by atoms with E-state index in [2.05, 4.69) is 0 Å². The molecule has 0 aromatic rings. The fourth-order valence-corrected chi connectivity index (χ4v) is 4.76. The van der Waals surface area contributed by atoms with Crippen LogP contribution in [0, 0.1) is 28.1 Å². The van der Waals surface area contributed by atoms with Crippen LogP contribution in [0.15, 0.2) is 0 Å². The van der Waals surface area contributed by atoms with Crippen LogP contribution in [0.25, 0.3) is 0 Å². The summed E-state index contributed by atoms with van der Waals surface area (Å²) in [7, 11) is 0. The van der Waals surface area contributed by atoms with E-state index in [1.165, 1.54) is 0 Å². The Bertz CT molecular complexity index is 455. The van der Waals surface area contributed by atoms with Gasteiger partial charge in [0.25, 0.3) is 0 Å². The van der Waals surface area contributed by atoms with E-state index in [0.29, 0.717) is 19.3 Å². The highest BCUT2D eigenvalue weighted by atomic mass is 16.1. The van der Waals surface area contributed by atoms with Gasteiger partial charge in [-0.2, -0.15) is 0 Å². The quantitative estimate of drug-likeness (QED) is 0.763. The van der Waals surface area contributed by atoms with Gasteiger partial charge in [-0.15, -0.1) is 0 Å². The summed E-state index contributed by atoms with van der Waals surface area (Å²) in [5.74, 6) is 0.248. The minimum atomic E-state index is -0.605. The third kappa shape index (κ3) is 3.33. The number of hydrogen-bond acceptors (Lipinski definition) is 3. The molecule has 0 bridgehead atoms. The van der Waals surface area contributed by atoms with E-state index in [1.54, 1.807) is 6.92 Å². The molecular weight excluding hydrogens is 276 g/mol. The summed E-state index contributed by atoms with van der Waals surface area (Å²) in [6, 6.07) is 0. The molecule has 0 heterocycles. The van der Waals surface area contributed by atoms with Crippen molar-refractivity contribution in [1.82, 2.24) is 0 Å². The van der Waals surface area contributed by atoms with Crippen molar-refractivity contribution >= 4 is 17.3 Å². The zero-order chi connectivity index (χ0) is 17.5. The number of Topliss-reactive ketones (excluding diaryl/α,β-unsaturated/α-hetero) is 3. The third-order valence-corrected chi connectivity index (χ3v) is 5.43. The van der Waals surface area contributed by atoms with E-state index in [-0.39, 0.29) is 29.2 Å². The van der Waals surface area contributed by atoms with Gasteiger partial charge in [0.1, 0.15) is 17.3 Å². The van der Waals surface area contributed by atoms with Crippen molar-refractivity contribution in [3.05, 3.63) is 0 Å². The Labute approximate surface area is 135 Å². The van der Waals surface area contributed by atoms with Crippen LogP contribution in [-0.4, -0.2) is 17.3 Å². The highest BCUT2D eigenvalue weighted by Gasteiger charge is 2.56. The lowest BCUT2D eigenvalue weighted by atomic mass is 9.50. The van der Waals surface area contributed by atoms with E-state index >= 15 is 0 Å². The van der Waals surface area contributed by atoms with Gasteiger partial charge in [0.15, 0.2) is 0 Å². The van der Waals surface area contributed by atoms with E-state index in [4.69, 9.17) is 0 Å². The molecule has 0 aromatic carbocycles. The molecular formula is C19H32O3. The molecule has 3 heteroatoms. The zero-order valence-corrected chi connectivity index (χ0v) is 15.5. The molecule has 0 aliphatic heterocycles. The Balaban J connectivity index is 3.37. The second kappa shape index (κ2) is 5.90. The summed E-state index contributed by atoms with van der Waals surface area (Å²) >= 11 is 0. The standard InChI is InChI=1S/C19H32O3/c1-12(2)15(21)18(7)9-17(6,14(5)20)10-19(8,11-18)16(22)13(3)4/h12-13H,9-11H2,1-8H3/t17-,18+,19-. The van der Waals surface area contributed by atoms with Crippen LogP contribution in [0.5, 0.6) is 0 Å². The lowest BCUT2D eigenvalue weighted by Gasteiger charge is -2.51. The molecule has 0 N–H and O–H groups in total. The van der Waals surface area contributed by atoms with E-state index in [0.717, 1.165) is 0 Å². The molecule has 22 heavy (non-hydrogen) atoms. The van der Waals surface area contributed by atoms with Gasteiger partial charge in [-0.1, -0.05) is 48.5 Å². The van der Waals surface area contributed by atoms with Gasteiger partial charge in [0, 0.05) is 28.1 Å². The van der Waals surface area contributed by atoms with Crippen molar-refractivity contribution in [2.45, 2.75) is 74.7 Å². The Morgan fingerprint density at radius 3 is 1.18 bits per heavy atom. The highest BCUT2D eigenvalue weighted by Crippen LogP contribution is 2.56. The Hall–Kier alpha value is -0.990. The molecule has 1 rings (SSSR count). The van der Waals surface area contributed by atoms with E-state index < -0.39 is 16.2 Å². The molecule has 0 radical (unpaired) electrons. The molecule has 1 fully saturated rings. The van der Waals surface area contributed by atoms with Crippen LogP contribution in [0.3, 0.4) is 0 Å². The number of carbonyl (C=O) groups is 3. The first-order valence-corrected chi connectivity index (χ1v) is 8.37. The van der Waals surface area contributed by atoms with Crippen molar-refractivity contribution in [3.8, 4) is 0 Å². The molecule has 0 amide bonds. The second-order valence-corrected chi connectivity index (χ2v) is 8.81. The molecule has 3 nitrogen and oxygen atoms in total. The van der Waals surface area contributed by atoms with E-state index in [1.807, 2.05) is 48.5 Å². The fourth-order valence-electron chi connectivity index (χ4n) is 4.76. The van der Waals surface area contributed by atoms with Gasteiger partial charge in [-0.25, -0.2) is 0 Å². The Kier molecular flexibility index (Phi) is 5.11. The number of ketones is 3. The lowest BCUT2D eigenvalue weighted by molar-refractivity contribution is -0.153. The van der Waals surface area contributed by atoms with Gasteiger partial charge >= 0.3 is 0 Å². The molecule has 1 aliphatic rings. The third-order valence-electron chi connectivity index (χ3n) is 5.43. The maximum Gasteiger partial charge on any atom is 0.141 e. The van der Waals surface area contributed by atoms with Crippen molar-refractivity contribution < 1.29 is 14.4 Å². The topological polar surface area (TPSA) is 51.2 Å². The van der Waals surface area contributed by atoms with Crippen LogP contribution >= 0.6 is 0 Å². The van der Waals surface area contributed by atoms with Crippen molar-refractivity contribution in [2.75, 3.05) is 0 Å². The smallest absolute Gasteiger partial charge is 0.141 e. The summed E-state index contributed by atoms with van der Waals surface area (Å²) in [6.45, 7) is 15.0. The minimum Gasteiger partial charge on any atom is -0.299 e. The predicted molar refractivity (Wildman–Crippen MR) is 88.5 cm³/mol. The first kappa shape index (κ1) is 19.1. The van der Waals surface area contributed by atoms with Gasteiger partial charge in [0.2, 0.25) is 0 Å². The maximum absolute atomic E-state index is 12.8. The summed E-state index contributed by atoms with van der Waals surface area (Å²) in [5, 5.41) is 0. The van der Waals surface area contributed by atoms with Crippen LogP contribution in [-0.2, 0) is 14.4 Å². The van der Waals surface area contributed by atoms with Crippen molar-refractivity contribution in [2.24, 2.45) is 28.1 Å². The molecule has 0 aromatic heterocycles. The van der Waals surface area contributed by atoms with Crippen LogP contribution in [0.4, 0.5) is 0 Å². The van der Waals surface area contributed by atoms with Crippen LogP contribution in [0.1, 0.15) is 74.7 Å². The molecule has 0 saturated heterocycles. The Morgan fingerprint density at radius 1 is 0.682 bits per heavy atom. The lowest BCUT2D eigenvalue weighted by Crippen LogP contribution is -2.52. The van der Waals surface area contributed by atoms with Gasteiger partial charge in [-0.05, 0) is 26.2 Å². The van der Waals surface area contributed by atoms with Crippen LogP contribution < -0.4 is 0 Å². The van der Waals surface area contributed by atoms with E-state index in [9.17, 15) is 14.4 Å². The number of hydrogen-bond donors (Lipinski definition) is 0. The Morgan fingerprint density at radius 2 is 0.955 bits per heavy atom. The average molecular weight is 308 g/mol. The van der Waals surface area contributed by atoms with Crippen molar-refractivity contribution in [1.29, 1.82) is 0 Å². The SMILES string of the molecule is CC(=O)[C@]1(C)C[C@](C)(C(=O)C(C)C)C[C@](C)(C(=O)C(C)C)C1. The van der Waals surface area contributed by atoms with Gasteiger partial charge in [-0.3, -0.25) is 14.4 Å². The summed E-state index contributed by atoms with van der Waals surface area (Å²) < 4.78 is 0. The minimum absolute atomic E-state index is 0.0813. The largest absolute Gasteiger partial charge is 0.299 e. The summed E-state index contributed by atoms with van der Waals surface area (Å²) in [5.41, 5.74) is -1.81. The summed E-state index contributed by atoms with van der Waals surface area (Å²) in [4.78, 5) is 37.8. The van der Waals surface area contributed by atoms with Gasteiger partial charge in [0.05, 0.1) is 0 Å². The average Bonchev–Trinajstić information content (AvgIpc) is 2.34. The maximum atomic E-state index is 12.8. The molecule has 3 atom stereocenters. The second-order valence-electron chi connectivity index (χ2n) is 8.81. The molecule has 126 valence electrons. The molecule has 0 unspecified atom stereocenters. The zero-order valence-electron chi connectivity index (χ0n) is 15.5. The molecule has 0 spiro atoms. The van der Waals surface area contributed by atoms with Gasteiger partial charge < -0.3 is 0 Å². The molecule has 1 saturated carbocycles. The molecule has 1 aliphatic carbocycles. The predicted octanol–water partition coefficient (Wildman–Crippen LogP) is 4.23. The van der Waals surface area contributed by atoms with Crippen molar-refractivity contribution in [3.63, 3.8) is 0 Å². The number of rotatable bonds is 5.